The van der Waals surface area contributed by atoms with Crippen molar-refractivity contribution in [2.45, 2.75) is 25.9 Å². The number of benzene rings is 2. The maximum Gasteiger partial charge on any atom is 0.371 e. The van der Waals surface area contributed by atoms with E-state index in [0.29, 0.717) is 0 Å². The number of hydrogen-bond donors (Lipinski definition) is 1. The third-order valence-corrected chi connectivity index (χ3v) is 4.71. The van der Waals surface area contributed by atoms with Crippen LogP contribution in [0.15, 0.2) is 78.6 Å². The first-order valence-corrected chi connectivity index (χ1v) is 9.06. The number of fused-ring (bicyclic) bond motifs is 2. The lowest BCUT2D eigenvalue weighted by molar-refractivity contribution is -0.136. The Bertz CT molecular complexity index is 751. The van der Waals surface area contributed by atoms with Crippen molar-refractivity contribution in [2.75, 3.05) is 0 Å². The molecular formula is C23H24O3. The van der Waals surface area contributed by atoms with Gasteiger partial charge in [0.2, 0.25) is 5.76 Å². The van der Waals surface area contributed by atoms with Crippen LogP contribution in [0, 0.1) is 11.8 Å². The molecule has 3 heteroatoms. The van der Waals surface area contributed by atoms with Crippen LogP contribution in [-0.4, -0.2) is 11.1 Å². The Labute approximate surface area is 154 Å². The largest absolute Gasteiger partial charge is 0.482 e. The third-order valence-electron chi connectivity index (χ3n) is 4.71. The van der Waals surface area contributed by atoms with Gasteiger partial charge in [-0.25, -0.2) is 4.79 Å². The molecular weight excluding hydrogens is 324 g/mol. The quantitative estimate of drug-likeness (QED) is 0.453. The summed E-state index contributed by atoms with van der Waals surface area (Å²) in [7, 11) is 0. The van der Waals surface area contributed by atoms with E-state index in [4.69, 9.17) is 9.84 Å². The lowest BCUT2D eigenvalue weighted by atomic mass is 10.1. The molecule has 0 radical (unpaired) electrons. The SMILES string of the molecule is C1=CC2CCC1C2.O=C(O)C(=Cc1ccccc1)OCc1ccccc1. The standard InChI is InChI=1S/C16H14O3.C7H10/c17-16(18)15(11-13-7-3-1-4-8-13)19-12-14-9-5-2-6-10-14;1-2-7-4-3-6(1)5-7/h1-11H,12H2,(H,17,18);1-2,6-7H,3-5H2. The summed E-state index contributed by atoms with van der Waals surface area (Å²) >= 11 is 0. The molecule has 0 aliphatic heterocycles. The maximum atomic E-state index is 11.1. The Kier molecular flexibility index (Phi) is 6.26. The van der Waals surface area contributed by atoms with Crippen LogP contribution in [0.2, 0.25) is 0 Å². The number of aliphatic carboxylic acids is 1. The van der Waals surface area contributed by atoms with Crippen molar-refractivity contribution >= 4 is 12.0 Å². The van der Waals surface area contributed by atoms with Crippen LogP contribution >= 0.6 is 0 Å². The molecule has 1 fully saturated rings. The van der Waals surface area contributed by atoms with E-state index in [1.807, 2.05) is 60.7 Å². The first-order chi connectivity index (χ1) is 12.7. The summed E-state index contributed by atoms with van der Waals surface area (Å²) in [5.41, 5.74) is 1.73. The van der Waals surface area contributed by atoms with Crippen LogP contribution in [0.4, 0.5) is 0 Å². The van der Waals surface area contributed by atoms with Gasteiger partial charge in [-0.2, -0.15) is 0 Å². The van der Waals surface area contributed by atoms with Crippen LogP contribution in [0.1, 0.15) is 30.4 Å². The summed E-state index contributed by atoms with van der Waals surface area (Å²) in [6.45, 7) is 0.242. The molecule has 4 rings (SSSR count). The van der Waals surface area contributed by atoms with E-state index >= 15 is 0 Å². The molecule has 2 aliphatic carbocycles. The van der Waals surface area contributed by atoms with Gasteiger partial charge in [0.05, 0.1) is 0 Å². The van der Waals surface area contributed by atoms with Crippen LogP contribution < -0.4 is 0 Å². The fraction of sp³-hybridized carbons (Fsp3) is 0.261. The van der Waals surface area contributed by atoms with E-state index in [1.165, 1.54) is 25.3 Å². The van der Waals surface area contributed by atoms with Gasteiger partial charge in [0.1, 0.15) is 6.61 Å². The van der Waals surface area contributed by atoms with Crippen molar-refractivity contribution in [1.82, 2.24) is 0 Å². The molecule has 1 saturated carbocycles. The molecule has 2 aromatic rings. The molecule has 2 atom stereocenters. The van der Waals surface area contributed by atoms with Crippen LogP contribution in [-0.2, 0) is 16.1 Å². The third kappa shape index (κ3) is 5.35. The second-order valence-electron chi connectivity index (χ2n) is 6.72. The van der Waals surface area contributed by atoms with E-state index in [2.05, 4.69) is 12.2 Å². The Morgan fingerprint density at radius 3 is 2.00 bits per heavy atom. The van der Waals surface area contributed by atoms with Gasteiger partial charge in [-0.3, -0.25) is 0 Å². The number of carboxylic acid groups (broad SMARTS) is 1. The van der Waals surface area contributed by atoms with Crippen LogP contribution in [0.25, 0.3) is 6.08 Å². The van der Waals surface area contributed by atoms with Crippen LogP contribution in [0.5, 0.6) is 0 Å². The number of carbonyl (C=O) groups is 1. The van der Waals surface area contributed by atoms with Gasteiger partial charge >= 0.3 is 5.97 Å². The molecule has 134 valence electrons. The zero-order valence-electron chi connectivity index (χ0n) is 14.8. The molecule has 3 nitrogen and oxygen atoms in total. The summed E-state index contributed by atoms with van der Waals surface area (Å²) in [6.07, 6.45) is 10.7. The average molecular weight is 348 g/mol. The van der Waals surface area contributed by atoms with Gasteiger partial charge < -0.3 is 9.84 Å². The molecule has 2 aromatic carbocycles. The topological polar surface area (TPSA) is 46.5 Å². The highest BCUT2D eigenvalue weighted by Gasteiger charge is 2.25. The molecule has 0 aromatic heterocycles. The Hall–Kier alpha value is -2.81. The summed E-state index contributed by atoms with van der Waals surface area (Å²) in [4.78, 5) is 11.1. The zero-order chi connectivity index (χ0) is 18.2. The van der Waals surface area contributed by atoms with Crippen LogP contribution in [0.3, 0.4) is 0 Å². The van der Waals surface area contributed by atoms with Crippen molar-refractivity contribution < 1.29 is 14.6 Å². The Morgan fingerprint density at radius 1 is 0.962 bits per heavy atom. The van der Waals surface area contributed by atoms with E-state index in [9.17, 15) is 4.79 Å². The number of carboxylic acids is 1. The summed E-state index contributed by atoms with van der Waals surface area (Å²) in [5.74, 6) is 0.852. The number of allylic oxidation sites excluding steroid dienone is 2. The van der Waals surface area contributed by atoms with Crippen molar-refractivity contribution in [2.24, 2.45) is 11.8 Å². The molecule has 26 heavy (non-hydrogen) atoms. The maximum absolute atomic E-state index is 11.1. The smallest absolute Gasteiger partial charge is 0.371 e. The summed E-state index contributed by atoms with van der Waals surface area (Å²) in [6, 6.07) is 18.7. The van der Waals surface area contributed by atoms with Crippen molar-refractivity contribution in [3.63, 3.8) is 0 Å². The Morgan fingerprint density at radius 2 is 1.54 bits per heavy atom. The highest BCUT2D eigenvalue weighted by Crippen LogP contribution is 2.38. The lowest BCUT2D eigenvalue weighted by Crippen LogP contribution is -2.05. The summed E-state index contributed by atoms with van der Waals surface area (Å²) < 4.78 is 5.36. The van der Waals surface area contributed by atoms with Crippen molar-refractivity contribution in [3.05, 3.63) is 89.7 Å². The van der Waals surface area contributed by atoms with Crippen molar-refractivity contribution in [1.29, 1.82) is 0 Å². The second-order valence-corrected chi connectivity index (χ2v) is 6.72. The molecule has 0 saturated heterocycles. The predicted octanol–water partition coefficient (Wildman–Crippen LogP) is 5.30. The fourth-order valence-electron chi connectivity index (χ4n) is 3.32. The van der Waals surface area contributed by atoms with E-state index in [1.54, 1.807) is 0 Å². The highest BCUT2D eigenvalue weighted by atomic mass is 16.5. The first kappa shape index (κ1) is 18.0. The van der Waals surface area contributed by atoms with Gasteiger partial charge in [-0.15, -0.1) is 0 Å². The van der Waals surface area contributed by atoms with Crippen molar-refractivity contribution in [3.8, 4) is 0 Å². The Balaban J connectivity index is 0.000000229. The second kappa shape index (κ2) is 9.04. The lowest BCUT2D eigenvalue weighted by Gasteiger charge is -2.06. The first-order valence-electron chi connectivity index (χ1n) is 9.06. The molecule has 0 spiro atoms. The molecule has 0 heterocycles. The van der Waals surface area contributed by atoms with Gasteiger partial charge in [0.25, 0.3) is 0 Å². The minimum Gasteiger partial charge on any atom is -0.482 e. The number of hydrogen-bond acceptors (Lipinski definition) is 2. The zero-order valence-corrected chi connectivity index (χ0v) is 14.8. The van der Waals surface area contributed by atoms with E-state index < -0.39 is 5.97 Å². The van der Waals surface area contributed by atoms with Gasteiger partial charge in [-0.1, -0.05) is 72.8 Å². The highest BCUT2D eigenvalue weighted by molar-refractivity contribution is 5.89. The molecule has 0 amide bonds. The van der Waals surface area contributed by atoms with Gasteiger partial charge in [0, 0.05) is 0 Å². The predicted molar refractivity (Wildman–Crippen MR) is 103 cm³/mol. The van der Waals surface area contributed by atoms with Gasteiger partial charge in [0.15, 0.2) is 0 Å². The minimum absolute atomic E-state index is 0.0601. The minimum atomic E-state index is -1.07. The summed E-state index contributed by atoms with van der Waals surface area (Å²) in [5, 5.41) is 9.12. The number of ether oxygens (including phenoxy) is 1. The normalized spacial score (nSPS) is 20.4. The van der Waals surface area contributed by atoms with E-state index in [0.717, 1.165) is 23.0 Å². The monoisotopic (exact) mass is 348 g/mol. The number of rotatable bonds is 5. The average Bonchev–Trinajstić information content (AvgIpc) is 3.33. The molecule has 2 aliphatic rings. The van der Waals surface area contributed by atoms with Gasteiger partial charge in [-0.05, 0) is 48.3 Å². The molecule has 2 unspecified atom stereocenters. The van der Waals surface area contributed by atoms with E-state index in [-0.39, 0.29) is 12.4 Å². The molecule has 1 N–H and O–H groups in total. The molecule has 2 bridgehead atoms. The fourth-order valence-corrected chi connectivity index (χ4v) is 3.32.